The molecule has 0 unspecified atom stereocenters. The number of halogens is 1. The lowest BCUT2D eigenvalue weighted by molar-refractivity contribution is 0.516. The van der Waals surface area contributed by atoms with Crippen molar-refractivity contribution in [3.05, 3.63) is 39.1 Å². The second kappa shape index (κ2) is 5.22. The Bertz CT molecular complexity index is 779. The van der Waals surface area contributed by atoms with E-state index in [1.807, 2.05) is 6.92 Å². The van der Waals surface area contributed by atoms with Gasteiger partial charge < -0.3 is 9.72 Å². The molecule has 1 saturated carbocycles. The van der Waals surface area contributed by atoms with Crippen molar-refractivity contribution < 1.29 is 4.74 Å². The predicted octanol–water partition coefficient (Wildman–Crippen LogP) is 3.49. The molecule has 4 heteroatoms. The number of aromatic amines is 1. The average Bonchev–Trinajstić information content (AvgIpc) is 3.23. The Kier molecular flexibility index (Phi) is 3.42. The lowest BCUT2D eigenvalue weighted by Gasteiger charge is -2.08. The summed E-state index contributed by atoms with van der Waals surface area (Å²) in [5.74, 6) is 4.02. The summed E-state index contributed by atoms with van der Waals surface area (Å²) >= 11 is 6.04. The van der Waals surface area contributed by atoms with Gasteiger partial charge in [-0.05, 0) is 37.5 Å². The molecule has 20 heavy (non-hydrogen) atoms. The van der Waals surface area contributed by atoms with Crippen molar-refractivity contribution in [1.82, 2.24) is 4.98 Å². The third-order valence-corrected chi connectivity index (χ3v) is 3.60. The number of hydrogen-bond donors (Lipinski definition) is 1. The van der Waals surface area contributed by atoms with E-state index in [2.05, 4.69) is 17.0 Å². The largest absolute Gasteiger partial charge is 0.406 e. The van der Waals surface area contributed by atoms with Gasteiger partial charge in [0.25, 0.3) is 5.56 Å². The number of hydrogen-bond acceptors (Lipinski definition) is 2. The molecule has 0 aliphatic heterocycles. The maximum absolute atomic E-state index is 12.1. The third-order valence-electron chi connectivity index (χ3n) is 3.37. The fraction of sp³-hybridized carbons (Fsp3) is 0.312. The minimum atomic E-state index is -0.134. The Morgan fingerprint density at radius 3 is 2.95 bits per heavy atom. The van der Waals surface area contributed by atoms with Crippen molar-refractivity contribution in [1.29, 1.82) is 0 Å². The highest BCUT2D eigenvalue weighted by Crippen LogP contribution is 2.30. The Balaban J connectivity index is 2.16. The van der Waals surface area contributed by atoms with Crippen LogP contribution in [0.1, 0.15) is 25.3 Å². The molecule has 1 heterocycles. The molecule has 2 aromatic rings. The van der Waals surface area contributed by atoms with Crippen LogP contribution in [0.25, 0.3) is 10.9 Å². The van der Waals surface area contributed by atoms with E-state index in [0.29, 0.717) is 34.2 Å². The predicted molar refractivity (Wildman–Crippen MR) is 80.1 cm³/mol. The molecule has 3 rings (SSSR count). The number of H-pyrrole nitrogens is 1. The fourth-order valence-corrected chi connectivity index (χ4v) is 2.28. The molecule has 0 bridgehead atoms. The summed E-state index contributed by atoms with van der Waals surface area (Å²) in [5.41, 5.74) is 1.18. The molecule has 0 saturated heterocycles. The molecule has 0 amide bonds. The number of aromatic nitrogens is 1. The molecule has 1 fully saturated rings. The van der Waals surface area contributed by atoms with Crippen LogP contribution in [0.3, 0.4) is 0 Å². The van der Waals surface area contributed by atoms with Gasteiger partial charge in [-0.1, -0.05) is 24.4 Å². The van der Waals surface area contributed by atoms with E-state index in [1.165, 1.54) is 0 Å². The van der Waals surface area contributed by atoms with Gasteiger partial charge in [0.05, 0.1) is 11.1 Å². The standard InChI is InChI=1S/C16H14ClNO2/c1-2-12-15(20-8-7-10-3-4-10)13-9-11(17)5-6-14(13)18-16(12)19/h5-6,9-10H,2-4H2,1H3,(H,18,19). The van der Waals surface area contributed by atoms with Gasteiger partial charge in [-0.3, -0.25) is 4.79 Å². The van der Waals surface area contributed by atoms with Gasteiger partial charge in [-0.25, -0.2) is 0 Å². The zero-order valence-corrected chi connectivity index (χ0v) is 11.9. The van der Waals surface area contributed by atoms with Crippen LogP contribution in [0.15, 0.2) is 23.0 Å². The number of benzene rings is 1. The summed E-state index contributed by atoms with van der Waals surface area (Å²) in [6, 6.07) is 5.31. The van der Waals surface area contributed by atoms with Crippen LogP contribution < -0.4 is 10.3 Å². The zero-order chi connectivity index (χ0) is 14.1. The van der Waals surface area contributed by atoms with Gasteiger partial charge in [0.15, 0.2) is 5.75 Å². The van der Waals surface area contributed by atoms with Crippen LogP contribution in [0.4, 0.5) is 0 Å². The molecule has 1 aliphatic carbocycles. The Morgan fingerprint density at radius 2 is 2.25 bits per heavy atom. The number of ether oxygens (including phenoxy) is 1. The molecule has 3 nitrogen and oxygen atoms in total. The minimum absolute atomic E-state index is 0.134. The average molecular weight is 288 g/mol. The van der Waals surface area contributed by atoms with Crippen molar-refractivity contribution in [2.24, 2.45) is 5.92 Å². The highest BCUT2D eigenvalue weighted by molar-refractivity contribution is 6.31. The fourth-order valence-electron chi connectivity index (χ4n) is 2.11. The van der Waals surface area contributed by atoms with E-state index in [4.69, 9.17) is 16.3 Å². The van der Waals surface area contributed by atoms with Crippen molar-refractivity contribution in [2.75, 3.05) is 0 Å². The summed E-state index contributed by atoms with van der Waals surface area (Å²) in [4.78, 5) is 14.9. The summed E-state index contributed by atoms with van der Waals surface area (Å²) < 4.78 is 5.59. The summed E-state index contributed by atoms with van der Waals surface area (Å²) in [5, 5.41) is 1.39. The second-order valence-corrected chi connectivity index (χ2v) is 5.36. The normalized spacial score (nSPS) is 13.9. The number of fused-ring (bicyclic) bond motifs is 1. The SMILES string of the molecule is CCc1c(OC#CC2CC2)c2cc(Cl)ccc2[nH]c1=O. The van der Waals surface area contributed by atoms with Crippen LogP contribution in [-0.4, -0.2) is 4.98 Å². The molecular weight excluding hydrogens is 274 g/mol. The first-order valence-electron chi connectivity index (χ1n) is 6.71. The van der Waals surface area contributed by atoms with Crippen LogP contribution in [0.2, 0.25) is 5.02 Å². The van der Waals surface area contributed by atoms with Gasteiger partial charge in [-0.15, -0.1) is 0 Å². The Labute approximate surface area is 121 Å². The van der Waals surface area contributed by atoms with Gasteiger partial charge in [0.1, 0.15) is 6.11 Å². The molecular formula is C16H14ClNO2. The highest BCUT2D eigenvalue weighted by atomic mass is 35.5. The van der Waals surface area contributed by atoms with Crippen molar-refractivity contribution in [3.8, 4) is 17.8 Å². The summed E-state index contributed by atoms with van der Waals surface area (Å²) in [6.45, 7) is 1.92. The molecule has 102 valence electrons. The van der Waals surface area contributed by atoms with E-state index in [1.54, 1.807) is 18.2 Å². The third kappa shape index (κ3) is 2.52. The topological polar surface area (TPSA) is 42.1 Å². The summed E-state index contributed by atoms with van der Waals surface area (Å²) in [7, 11) is 0. The number of nitrogens with one attached hydrogen (secondary N) is 1. The van der Waals surface area contributed by atoms with Crippen molar-refractivity contribution in [3.63, 3.8) is 0 Å². The maximum Gasteiger partial charge on any atom is 0.255 e. The lowest BCUT2D eigenvalue weighted by Crippen LogP contribution is -2.13. The number of rotatable bonds is 2. The molecule has 0 spiro atoms. The van der Waals surface area contributed by atoms with Crippen LogP contribution in [0.5, 0.6) is 5.75 Å². The lowest BCUT2D eigenvalue weighted by atomic mass is 10.1. The van der Waals surface area contributed by atoms with Crippen LogP contribution in [-0.2, 0) is 6.42 Å². The van der Waals surface area contributed by atoms with E-state index < -0.39 is 0 Å². The Hall–Kier alpha value is -1.92. The van der Waals surface area contributed by atoms with Gasteiger partial charge in [0, 0.05) is 16.3 Å². The second-order valence-electron chi connectivity index (χ2n) is 4.93. The van der Waals surface area contributed by atoms with E-state index in [-0.39, 0.29) is 5.56 Å². The van der Waals surface area contributed by atoms with Gasteiger partial charge >= 0.3 is 0 Å². The molecule has 1 aromatic heterocycles. The van der Waals surface area contributed by atoms with E-state index in [0.717, 1.165) is 18.2 Å². The monoisotopic (exact) mass is 287 g/mol. The Morgan fingerprint density at radius 1 is 1.45 bits per heavy atom. The first kappa shape index (κ1) is 13.1. The highest BCUT2D eigenvalue weighted by Gasteiger charge is 2.18. The van der Waals surface area contributed by atoms with Crippen molar-refractivity contribution in [2.45, 2.75) is 26.2 Å². The zero-order valence-electron chi connectivity index (χ0n) is 11.1. The van der Waals surface area contributed by atoms with Gasteiger partial charge in [-0.2, -0.15) is 0 Å². The molecule has 1 aromatic carbocycles. The molecule has 0 radical (unpaired) electrons. The smallest absolute Gasteiger partial charge is 0.255 e. The molecule has 0 atom stereocenters. The van der Waals surface area contributed by atoms with Gasteiger partial charge in [0.2, 0.25) is 0 Å². The molecule has 1 N–H and O–H groups in total. The van der Waals surface area contributed by atoms with Crippen LogP contribution in [0, 0.1) is 17.9 Å². The quantitative estimate of drug-likeness (QED) is 0.859. The summed E-state index contributed by atoms with van der Waals surface area (Å²) in [6.07, 6.45) is 5.59. The van der Waals surface area contributed by atoms with E-state index in [9.17, 15) is 4.79 Å². The molecule has 1 aliphatic rings. The van der Waals surface area contributed by atoms with Crippen LogP contribution >= 0.6 is 11.6 Å². The first-order chi connectivity index (χ1) is 9.69. The first-order valence-corrected chi connectivity index (χ1v) is 7.08. The van der Waals surface area contributed by atoms with E-state index >= 15 is 0 Å². The number of pyridine rings is 1. The minimum Gasteiger partial charge on any atom is -0.406 e. The van der Waals surface area contributed by atoms with Crippen molar-refractivity contribution >= 4 is 22.5 Å². The maximum atomic E-state index is 12.1.